The van der Waals surface area contributed by atoms with Gasteiger partial charge in [-0.2, -0.15) is 0 Å². The number of benzene rings is 2. The van der Waals surface area contributed by atoms with Crippen LogP contribution in [0, 0.1) is 5.92 Å². The number of nitrogens with one attached hydrogen (secondary N) is 1. The zero-order chi connectivity index (χ0) is 18.5. The molecule has 0 fully saturated rings. The molecule has 136 valence electrons. The van der Waals surface area contributed by atoms with E-state index in [9.17, 15) is 4.79 Å². The van der Waals surface area contributed by atoms with Crippen LogP contribution in [0.4, 0.5) is 0 Å². The van der Waals surface area contributed by atoms with Gasteiger partial charge in [0.2, 0.25) is 0 Å². The van der Waals surface area contributed by atoms with Gasteiger partial charge < -0.3 is 14.6 Å². The van der Waals surface area contributed by atoms with E-state index in [0.717, 1.165) is 23.4 Å². The molecule has 1 heterocycles. The highest BCUT2D eigenvalue weighted by Crippen LogP contribution is 2.18. The normalized spacial score (nSPS) is 11.1. The van der Waals surface area contributed by atoms with Gasteiger partial charge in [0.15, 0.2) is 0 Å². The lowest BCUT2D eigenvalue weighted by molar-refractivity contribution is 0.0953. The fourth-order valence-electron chi connectivity index (χ4n) is 3.04. The number of nitrogens with zero attached hydrogens (tertiary/aromatic N) is 2. The lowest BCUT2D eigenvalue weighted by atomic mass is 10.2. The smallest absolute Gasteiger partial charge is 0.251 e. The van der Waals surface area contributed by atoms with Crippen molar-refractivity contribution in [1.82, 2.24) is 14.9 Å². The van der Waals surface area contributed by atoms with E-state index in [4.69, 9.17) is 9.72 Å². The molecular formula is C21H25N3O2. The Morgan fingerprint density at radius 3 is 2.77 bits per heavy atom. The number of hydrogen-bond acceptors (Lipinski definition) is 3. The van der Waals surface area contributed by atoms with Gasteiger partial charge in [0.25, 0.3) is 5.91 Å². The number of amides is 1. The van der Waals surface area contributed by atoms with Gasteiger partial charge in [0.05, 0.1) is 18.1 Å². The summed E-state index contributed by atoms with van der Waals surface area (Å²) >= 11 is 0. The second-order valence-corrected chi connectivity index (χ2v) is 6.76. The van der Waals surface area contributed by atoms with Crippen molar-refractivity contribution in [3.63, 3.8) is 0 Å². The van der Waals surface area contributed by atoms with Crippen LogP contribution in [0.3, 0.4) is 0 Å². The Kier molecular flexibility index (Phi) is 5.56. The summed E-state index contributed by atoms with van der Waals surface area (Å²) in [5.74, 6) is 2.11. The van der Waals surface area contributed by atoms with Crippen molar-refractivity contribution in [1.29, 1.82) is 0 Å². The van der Waals surface area contributed by atoms with Crippen LogP contribution in [0.1, 0.15) is 30.0 Å². The molecule has 0 radical (unpaired) electrons. The van der Waals surface area contributed by atoms with Crippen LogP contribution in [0.15, 0.2) is 48.5 Å². The van der Waals surface area contributed by atoms with Gasteiger partial charge in [-0.05, 0) is 36.2 Å². The van der Waals surface area contributed by atoms with Crippen molar-refractivity contribution >= 4 is 16.9 Å². The topological polar surface area (TPSA) is 56.1 Å². The zero-order valence-electron chi connectivity index (χ0n) is 15.5. The molecule has 2 aromatic carbocycles. The second-order valence-electron chi connectivity index (χ2n) is 6.76. The van der Waals surface area contributed by atoms with E-state index in [1.807, 2.05) is 30.3 Å². The lowest BCUT2D eigenvalue weighted by Gasteiger charge is -2.12. The molecule has 0 bridgehead atoms. The Morgan fingerprint density at radius 1 is 1.19 bits per heavy atom. The number of aromatic nitrogens is 2. The summed E-state index contributed by atoms with van der Waals surface area (Å²) in [5, 5.41) is 2.98. The monoisotopic (exact) mass is 351 g/mol. The summed E-state index contributed by atoms with van der Waals surface area (Å²) in [6.45, 7) is 5.85. The number of carbonyl (C=O) groups is 1. The van der Waals surface area contributed by atoms with Crippen molar-refractivity contribution in [3.8, 4) is 5.75 Å². The number of fused-ring (bicyclic) bond motifs is 1. The second kappa shape index (κ2) is 8.04. The van der Waals surface area contributed by atoms with E-state index in [0.29, 0.717) is 30.2 Å². The highest BCUT2D eigenvalue weighted by atomic mass is 16.5. The van der Waals surface area contributed by atoms with Gasteiger partial charge in [-0.1, -0.05) is 32.0 Å². The molecule has 0 atom stereocenters. The van der Waals surface area contributed by atoms with Crippen LogP contribution in [0.25, 0.3) is 11.0 Å². The lowest BCUT2D eigenvalue weighted by Crippen LogP contribution is -2.26. The predicted octanol–water partition coefficient (Wildman–Crippen LogP) is 3.67. The maximum absolute atomic E-state index is 12.3. The van der Waals surface area contributed by atoms with E-state index in [2.05, 4.69) is 29.8 Å². The number of ether oxygens (including phenoxy) is 1. The molecule has 0 saturated heterocycles. The average molecular weight is 351 g/mol. The molecule has 0 spiro atoms. The van der Waals surface area contributed by atoms with Gasteiger partial charge in [-0.3, -0.25) is 4.79 Å². The highest BCUT2D eigenvalue weighted by molar-refractivity contribution is 5.94. The summed E-state index contributed by atoms with van der Waals surface area (Å²) in [5.41, 5.74) is 2.75. The quantitative estimate of drug-likeness (QED) is 0.706. The molecule has 26 heavy (non-hydrogen) atoms. The SMILES string of the molecule is COc1cccc(C(=O)NCCc2nc3ccccc3n2CC(C)C)c1. The summed E-state index contributed by atoms with van der Waals surface area (Å²) in [6.07, 6.45) is 0.692. The molecule has 5 nitrogen and oxygen atoms in total. The Bertz CT molecular complexity index is 899. The van der Waals surface area contributed by atoms with Crippen LogP contribution < -0.4 is 10.1 Å². The van der Waals surface area contributed by atoms with Crippen LogP contribution in [0.2, 0.25) is 0 Å². The third kappa shape index (κ3) is 4.04. The molecule has 5 heteroatoms. The largest absolute Gasteiger partial charge is 0.497 e. The van der Waals surface area contributed by atoms with Crippen LogP contribution in [-0.4, -0.2) is 29.1 Å². The number of carbonyl (C=O) groups excluding carboxylic acids is 1. The number of imidazole rings is 1. The summed E-state index contributed by atoms with van der Waals surface area (Å²) < 4.78 is 7.43. The molecule has 0 aliphatic rings. The van der Waals surface area contributed by atoms with Crippen molar-refractivity contribution in [2.75, 3.05) is 13.7 Å². The molecule has 0 aliphatic heterocycles. The molecule has 1 amide bonds. The van der Waals surface area contributed by atoms with E-state index in [-0.39, 0.29) is 5.91 Å². The molecule has 1 aromatic heterocycles. The third-order valence-corrected chi connectivity index (χ3v) is 4.25. The summed E-state index contributed by atoms with van der Waals surface area (Å²) in [6, 6.07) is 15.3. The molecule has 0 aliphatic carbocycles. The first-order valence-corrected chi connectivity index (χ1v) is 8.95. The summed E-state index contributed by atoms with van der Waals surface area (Å²) in [7, 11) is 1.59. The third-order valence-electron chi connectivity index (χ3n) is 4.25. The Labute approximate surface area is 154 Å². The average Bonchev–Trinajstić information content (AvgIpc) is 2.99. The minimum atomic E-state index is -0.101. The zero-order valence-corrected chi connectivity index (χ0v) is 15.5. The van der Waals surface area contributed by atoms with E-state index < -0.39 is 0 Å². The highest BCUT2D eigenvalue weighted by Gasteiger charge is 2.12. The Hall–Kier alpha value is -2.82. The molecule has 0 unspecified atom stereocenters. The van der Waals surface area contributed by atoms with E-state index in [1.54, 1.807) is 19.2 Å². The fraction of sp³-hybridized carbons (Fsp3) is 0.333. The first-order chi connectivity index (χ1) is 12.6. The minimum absolute atomic E-state index is 0.101. The first kappa shape index (κ1) is 18.0. The van der Waals surface area contributed by atoms with Gasteiger partial charge >= 0.3 is 0 Å². The number of rotatable bonds is 7. The van der Waals surface area contributed by atoms with Crippen molar-refractivity contribution in [3.05, 3.63) is 59.9 Å². The van der Waals surface area contributed by atoms with Crippen molar-refractivity contribution < 1.29 is 9.53 Å². The fourth-order valence-corrected chi connectivity index (χ4v) is 3.04. The van der Waals surface area contributed by atoms with Crippen LogP contribution in [-0.2, 0) is 13.0 Å². The molecule has 3 rings (SSSR count). The Morgan fingerprint density at radius 2 is 2.00 bits per heavy atom. The molecule has 3 aromatic rings. The minimum Gasteiger partial charge on any atom is -0.497 e. The number of hydrogen-bond donors (Lipinski definition) is 1. The predicted molar refractivity (Wildman–Crippen MR) is 104 cm³/mol. The standard InChI is InChI=1S/C21H25N3O2/c1-15(2)14-24-19-10-5-4-9-18(19)23-20(24)11-12-22-21(25)16-7-6-8-17(13-16)26-3/h4-10,13,15H,11-12,14H2,1-3H3,(H,22,25). The van der Waals surface area contributed by atoms with Gasteiger partial charge in [0.1, 0.15) is 11.6 Å². The number of para-hydroxylation sites is 2. The van der Waals surface area contributed by atoms with E-state index >= 15 is 0 Å². The maximum atomic E-state index is 12.3. The number of methoxy groups -OCH3 is 1. The van der Waals surface area contributed by atoms with Crippen molar-refractivity contribution in [2.45, 2.75) is 26.8 Å². The van der Waals surface area contributed by atoms with Crippen LogP contribution >= 0.6 is 0 Å². The first-order valence-electron chi connectivity index (χ1n) is 8.95. The van der Waals surface area contributed by atoms with E-state index in [1.165, 1.54) is 0 Å². The van der Waals surface area contributed by atoms with Gasteiger partial charge in [0, 0.05) is 25.1 Å². The maximum Gasteiger partial charge on any atom is 0.251 e. The van der Waals surface area contributed by atoms with Crippen molar-refractivity contribution in [2.24, 2.45) is 5.92 Å². The molecule has 1 N–H and O–H groups in total. The molecule has 0 saturated carbocycles. The van der Waals surface area contributed by atoms with Crippen LogP contribution in [0.5, 0.6) is 5.75 Å². The Balaban J connectivity index is 1.70. The van der Waals surface area contributed by atoms with Gasteiger partial charge in [-0.25, -0.2) is 4.98 Å². The molecular weight excluding hydrogens is 326 g/mol. The summed E-state index contributed by atoms with van der Waals surface area (Å²) in [4.78, 5) is 17.1. The van der Waals surface area contributed by atoms with Gasteiger partial charge in [-0.15, -0.1) is 0 Å².